The van der Waals surface area contributed by atoms with Crippen molar-refractivity contribution in [3.63, 3.8) is 0 Å². The minimum Gasteiger partial charge on any atom is -0.295 e. The molecule has 0 aliphatic heterocycles. The lowest BCUT2D eigenvalue weighted by Gasteiger charge is -2.05. The zero-order valence-electron chi connectivity index (χ0n) is 9.93. The van der Waals surface area contributed by atoms with Crippen molar-refractivity contribution in [2.45, 2.75) is 25.8 Å². The van der Waals surface area contributed by atoms with Gasteiger partial charge in [0, 0.05) is 11.9 Å². The van der Waals surface area contributed by atoms with Gasteiger partial charge in [-0.05, 0) is 37.5 Å². The molecular formula is C13H17NOS. The number of thioether (sulfide) groups is 1. The Balaban J connectivity index is 2.39. The van der Waals surface area contributed by atoms with Crippen LogP contribution in [0, 0.1) is 12.8 Å². The summed E-state index contributed by atoms with van der Waals surface area (Å²) in [5, 5.41) is 1.04. The molecule has 16 heavy (non-hydrogen) atoms. The molecule has 0 N–H and O–H groups in total. The first kappa shape index (κ1) is 13.0. The predicted octanol–water partition coefficient (Wildman–Crippen LogP) is 3.26. The van der Waals surface area contributed by atoms with Gasteiger partial charge < -0.3 is 0 Å². The van der Waals surface area contributed by atoms with Crippen molar-refractivity contribution in [3.8, 4) is 0 Å². The molecule has 1 aromatic heterocycles. The summed E-state index contributed by atoms with van der Waals surface area (Å²) in [7, 11) is 0. The van der Waals surface area contributed by atoms with Gasteiger partial charge in [0.1, 0.15) is 0 Å². The highest BCUT2D eigenvalue weighted by Crippen LogP contribution is 2.18. The van der Waals surface area contributed by atoms with Gasteiger partial charge in [0.05, 0.1) is 5.03 Å². The molecule has 0 bridgehead atoms. The molecule has 1 rings (SSSR count). The van der Waals surface area contributed by atoms with Crippen LogP contribution < -0.4 is 0 Å². The summed E-state index contributed by atoms with van der Waals surface area (Å²) in [6.45, 7) is 5.69. The molecule has 1 heterocycles. The lowest BCUT2D eigenvalue weighted by Crippen LogP contribution is -1.95. The van der Waals surface area contributed by atoms with E-state index in [0.29, 0.717) is 5.92 Å². The molecule has 0 aliphatic rings. The first-order valence-corrected chi connectivity index (χ1v) is 6.30. The second-order valence-electron chi connectivity index (χ2n) is 3.93. The zero-order chi connectivity index (χ0) is 12.0. The van der Waals surface area contributed by atoms with Crippen molar-refractivity contribution in [3.05, 3.63) is 36.0 Å². The Morgan fingerprint density at radius 1 is 1.56 bits per heavy atom. The van der Waals surface area contributed by atoms with Crippen molar-refractivity contribution in [1.29, 1.82) is 0 Å². The molecule has 1 aromatic rings. The van der Waals surface area contributed by atoms with E-state index in [0.717, 1.165) is 10.8 Å². The molecule has 2 nitrogen and oxygen atoms in total. The van der Waals surface area contributed by atoms with Gasteiger partial charge in [-0.1, -0.05) is 19.1 Å². The van der Waals surface area contributed by atoms with E-state index in [4.69, 9.17) is 0 Å². The highest BCUT2D eigenvalue weighted by molar-refractivity contribution is 7.99. The number of aryl methyl sites for hydroxylation is 1. The maximum Gasteiger partial charge on any atom is 0.152 e. The Morgan fingerprint density at radius 2 is 2.31 bits per heavy atom. The molecule has 0 aliphatic carbocycles. The molecule has 0 saturated heterocycles. The summed E-state index contributed by atoms with van der Waals surface area (Å²) in [4.78, 5) is 15.1. The van der Waals surface area contributed by atoms with Crippen molar-refractivity contribution < 1.29 is 4.79 Å². The number of carbonyl (C=O) groups is 1. The topological polar surface area (TPSA) is 30.0 Å². The monoisotopic (exact) mass is 235 g/mol. The van der Waals surface area contributed by atoms with Gasteiger partial charge in [0.15, 0.2) is 5.78 Å². The maximum atomic E-state index is 10.8. The number of pyridine rings is 1. The SMILES string of the molecule is CC(=O)/C=C/C(C)CSc1ccc(C)cn1. The van der Waals surface area contributed by atoms with Crippen LogP contribution >= 0.6 is 11.8 Å². The smallest absolute Gasteiger partial charge is 0.152 e. The first-order valence-electron chi connectivity index (χ1n) is 5.32. The number of nitrogens with zero attached hydrogens (tertiary/aromatic N) is 1. The average molecular weight is 235 g/mol. The number of aromatic nitrogens is 1. The van der Waals surface area contributed by atoms with Gasteiger partial charge in [0.25, 0.3) is 0 Å². The molecular weight excluding hydrogens is 218 g/mol. The summed E-state index contributed by atoms with van der Waals surface area (Å²) in [5.41, 5.74) is 1.17. The van der Waals surface area contributed by atoms with Gasteiger partial charge in [-0.2, -0.15) is 0 Å². The molecule has 3 heteroatoms. The van der Waals surface area contributed by atoms with E-state index in [-0.39, 0.29) is 5.78 Å². The first-order chi connectivity index (χ1) is 7.58. The molecule has 0 spiro atoms. The number of allylic oxidation sites excluding steroid dienone is 2. The van der Waals surface area contributed by atoms with E-state index in [9.17, 15) is 4.79 Å². The highest BCUT2D eigenvalue weighted by atomic mass is 32.2. The summed E-state index contributed by atoms with van der Waals surface area (Å²) in [6.07, 6.45) is 5.45. The predicted molar refractivity (Wildman–Crippen MR) is 68.7 cm³/mol. The van der Waals surface area contributed by atoms with E-state index in [1.807, 2.05) is 25.3 Å². The number of carbonyl (C=O) groups excluding carboxylic acids is 1. The van der Waals surface area contributed by atoms with E-state index in [2.05, 4.69) is 18.0 Å². The fourth-order valence-corrected chi connectivity index (χ4v) is 1.95. The van der Waals surface area contributed by atoms with Crippen LogP contribution in [-0.4, -0.2) is 16.5 Å². The van der Waals surface area contributed by atoms with Crippen LogP contribution in [0.3, 0.4) is 0 Å². The zero-order valence-corrected chi connectivity index (χ0v) is 10.8. The summed E-state index contributed by atoms with van der Waals surface area (Å²) < 4.78 is 0. The Kier molecular flexibility index (Phi) is 5.26. The van der Waals surface area contributed by atoms with Crippen LogP contribution in [0.4, 0.5) is 0 Å². The largest absolute Gasteiger partial charge is 0.295 e. The fraction of sp³-hybridized carbons (Fsp3) is 0.385. The van der Waals surface area contributed by atoms with Crippen LogP contribution in [0.25, 0.3) is 0 Å². The minimum absolute atomic E-state index is 0.102. The molecule has 1 atom stereocenters. The Morgan fingerprint density at radius 3 is 2.88 bits per heavy atom. The third-order valence-corrected chi connectivity index (χ3v) is 3.27. The van der Waals surface area contributed by atoms with E-state index < -0.39 is 0 Å². The molecule has 1 unspecified atom stereocenters. The van der Waals surface area contributed by atoms with Crippen LogP contribution in [0.1, 0.15) is 19.4 Å². The summed E-state index contributed by atoms with van der Waals surface area (Å²) in [6, 6.07) is 4.09. The van der Waals surface area contributed by atoms with Crippen molar-refractivity contribution in [2.24, 2.45) is 5.92 Å². The van der Waals surface area contributed by atoms with Gasteiger partial charge >= 0.3 is 0 Å². The highest BCUT2D eigenvalue weighted by Gasteiger charge is 2.00. The lowest BCUT2D eigenvalue weighted by atomic mass is 10.2. The number of hydrogen-bond acceptors (Lipinski definition) is 3. The van der Waals surface area contributed by atoms with Crippen LogP contribution in [-0.2, 0) is 4.79 Å². The van der Waals surface area contributed by atoms with Crippen molar-refractivity contribution in [2.75, 3.05) is 5.75 Å². The lowest BCUT2D eigenvalue weighted by molar-refractivity contribution is -0.112. The minimum atomic E-state index is 0.102. The fourth-order valence-electron chi connectivity index (χ4n) is 1.11. The number of hydrogen-bond donors (Lipinski definition) is 0. The van der Waals surface area contributed by atoms with Gasteiger partial charge in [-0.3, -0.25) is 4.79 Å². The second kappa shape index (κ2) is 6.48. The molecule has 0 fully saturated rings. The molecule has 0 saturated carbocycles. The molecule has 86 valence electrons. The van der Waals surface area contributed by atoms with Crippen LogP contribution in [0.2, 0.25) is 0 Å². The quantitative estimate of drug-likeness (QED) is 0.579. The van der Waals surface area contributed by atoms with Gasteiger partial charge in [-0.15, -0.1) is 11.8 Å². The molecule has 0 amide bonds. The molecule has 0 radical (unpaired) electrons. The van der Waals surface area contributed by atoms with Crippen molar-refractivity contribution in [1.82, 2.24) is 4.98 Å². The Hall–Kier alpha value is -1.09. The third kappa shape index (κ3) is 5.12. The maximum absolute atomic E-state index is 10.8. The van der Waals surface area contributed by atoms with Crippen LogP contribution in [0.5, 0.6) is 0 Å². The van der Waals surface area contributed by atoms with E-state index >= 15 is 0 Å². The molecule has 0 aromatic carbocycles. The number of ketones is 1. The average Bonchev–Trinajstić information content (AvgIpc) is 2.25. The van der Waals surface area contributed by atoms with Crippen molar-refractivity contribution >= 4 is 17.5 Å². The third-order valence-electron chi connectivity index (χ3n) is 2.04. The van der Waals surface area contributed by atoms with E-state index in [1.54, 1.807) is 24.8 Å². The number of rotatable bonds is 5. The van der Waals surface area contributed by atoms with E-state index in [1.165, 1.54) is 5.56 Å². The van der Waals surface area contributed by atoms with Gasteiger partial charge in [0.2, 0.25) is 0 Å². The van der Waals surface area contributed by atoms with Gasteiger partial charge in [-0.25, -0.2) is 4.98 Å². The normalized spacial score (nSPS) is 12.9. The second-order valence-corrected chi connectivity index (χ2v) is 4.97. The Labute approximate surface area is 101 Å². The standard InChI is InChI=1S/C13H17NOS/c1-10-5-7-13(14-8-10)16-9-11(2)4-6-12(3)15/h4-8,11H,9H2,1-3H3/b6-4+. The summed E-state index contributed by atoms with van der Waals surface area (Å²) >= 11 is 1.72. The Bertz CT molecular complexity index is 370. The van der Waals surface area contributed by atoms with Crippen LogP contribution in [0.15, 0.2) is 35.5 Å². The summed E-state index contributed by atoms with van der Waals surface area (Å²) in [5.74, 6) is 1.43.